The number of hydrogen-bond acceptors (Lipinski definition) is 4. The Morgan fingerprint density at radius 1 is 1.39 bits per heavy atom. The zero-order valence-electron chi connectivity index (χ0n) is 9.46. The van der Waals surface area contributed by atoms with Crippen molar-refractivity contribution < 1.29 is 14.1 Å². The van der Waals surface area contributed by atoms with E-state index in [1.54, 1.807) is 6.07 Å². The lowest BCUT2D eigenvalue weighted by Gasteiger charge is -2.03. The Hall–Kier alpha value is -1.40. The van der Waals surface area contributed by atoms with Crippen LogP contribution >= 0.6 is 11.3 Å². The Balaban J connectivity index is 2.17. The number of hydrogen-bond donors (Lipinski definition) is 1. The maximum Gasteiger partial charge on any atom is 0.345 e. The number of thiophene rings is 1. The molecule has 3 rings (SSSR count). The molecule has 2 aromatic rings. The molecule has 6 heteroatoms. The summed E-state index contributed by atoms with van der Waals surface area (Å²) < 4.78 is 17.6. The van der Waals surface area contributed by atoms with Crippen LogP contribution in [0.4, 0.5) is 0 Å². The molecule has 0 saturated heterocycles. The molecule has 1 aliphatic rings. The van der Waals surface area contributed by atoms with E-state index in [1.165, 1.54) is 11.3 Å². The average Bonchev–Trinajstić information content (AvgIpc) is 2.94. The summed E-state index contributed by atoms with van der Waals surface area (Å²) in [7, 11) is -2.25. The van der Waals surface area contributed by atoms with Gasteiger partial charge in [0.05, 0.1) is 9.73 Å². The fourth-order valence-electron chi connectivity index (χ4n) is 2.05. The van der Waals surface area contributed by atoms with Crippen molar-refractivity contribution in [1.82, 2.24) is 0 Å². The van der Waals surface area contributed by atoms with Gasteiger partial charge in [0.1, 0.15) is 4.88 Å². The van der Waals surface area contributed by atoms with Crippen molar-refractivity contribution in [1.29, 1.82) is 0 Å². The second-order valence-corrected chi connectivity index (χ2v) is 7.67. The van der Waals surface area contributed by atoms with E-state index < -0.39 is 15.7 Å². The van der Waals surface area contributed by atoms with Crippen molar-refractivity contribution in [3.05, 3.63) is 29.1 Å². The number of benzene rings is 1. The molecule has 0 radical (unpaired) electrons. The molecular weight excluding hydrogens is 270 g/mol. The third-order valence-corrected chi connectivity index (χ3v) is 6.48. The van der Waals surface area contributed by atoms with Crippen LogP contribution in [0.5, 0.6) is 0 Å². The van der Waals surface area contributed by atoms with Gasteiger partial charge in [-0.25, -0.2) is 13.4 Å². The molecule has 0 saturated carbocycles. The normalized spacial score (nSPS) is 23.1. The van der Waals surface area contributed by atoms with Gasteiger partial charge >= 0.3 is 5.97 Å². The summed E-state index contributed by atoms with van der Waals surface area (Å²) in [5.41, 5.74) is 0. The summed E-state index contributed by atoms with van der Waals surface area (Å²) >= 11 is 1.23. The first kappa shape index (κ1) is 11.7. The molecule has 1 unspecified atom stereocenters. The van der Waals surface area contributed by atoms with Crippen LogP contribution in [-0.4, -0.2) is 27.6 Å². The van der Waals surface area contributed by atoms with Gasteiger partial charge in [0.25, 0.3) is 0 Å². The Bertz CT molecular complexity index is 754. The molecule has 1 aromatic carbocycles. The van der Waals surface area contributed by atoms with Crippen LogP contribution in [0.25, 0.3) is 10.1 Å². The molecule has 4 nitrogen and oxygen atoms in total. The number of fused-ring (bicyclic) bond motifs is 1. The predicted molar refractivity (Wildman–Crippen MR) is 72.0 cm³/mol. The molecule has 18 heavy (non-hydrogen) atoms. The Morgan fingerprint density at radius 2 is 2.22 bits per heavy atom. The van der Waals surface area contributed by atoms with Gasteiger partial charge in [0.15, 0.2) is 0 Å². The van der Waals surface area contributed by atoms with E-state index in [4.69, 9.17) is 5.11 Å². The summed E-state index contributed by atoms with van der Waals surface area (Å²) in [6.45, 7) is 0.654. The highest BCUT2D eigenvalue weighted by Gasteiger charge is 2.18. The zero-order valence-corrected chi connectivity index (χ0v) is 11.1. The summed E-state index contributed by atoms with van der Waals surface area (Å²) in [5, 5.41) is 9.79. The molecule has 1 aliphatic heterocycles. The van der Waals surface area contributed by atoms with Crippen molar-refractivity contribution in [3.8, 4) is 0 Å². The van der Waals surface area contributed by atoms with Crippen molar-refractivity contribution >= 4 is 37.1 Å². The molecular formula is C12H11NO3S2. The van der Waals surface area contributed by atoms with Crippen LogP contribution in [0.15, 0.2) is 33.5 Å². The fourth-order valence-corrected chi connectivity index (χ4v) is 4.99. The largest absolute Gasteiger partial charge is 0.477 e. The monoisotopic (exact) mass is 281 g/mol. The second-order valence-electron chi connectivity index (χ2n) is 4.17. The minimum Gasteiger partial charge on any atom is -0.477 e. The maximum atomic E-state index is 12.5. The Kier molecular flexibility index (Phi) is 2.64. The SMILES string of the molecule is O=C(O)c1cc2cc(S3(=O)=NCCC3)ccc2s1. The van der Waals surface area contributed by atoms with Crippen LogP contribution in [0.1, 0.15) is 16.1 Å². The standard InChI is InChI=1S/C12H11NO3S2/c14-12(15)11-7-8-6-9(2-3-10(8)17-11)18(16)5-1-4-13-18/h2-3,6-7H,1,4-5H2,(H,14,15). The molecule has 0 aliphatic carbocycles. The van der Waals surface area contributed by atoms with Gasteiger partial charge in [-0.15, -0.1) is 11.3 Å². The van der Waals surface area contributed by atoms with E-state index >= 15 is 0 Å². The van der Waals surface area contributed by atoms with Gasteiger partial charge in [-0.2, -0.15) is 0 Å². The summed E-state index contributed by atoms with van der Waals surface area (Å²) in [6, 6.07) is 7.09. The number of nitrogens with zero attached hydrogens (tertiary/aromatic N) is 1. The minimum atomic E-state index is -2.25. The second kappa shape index (κ2) is 4.07. The average molecular weight is 281 g/mol. The minimum absolute atomic E-state index is 0.306. The van der Waals surface area contributed by atoms with Crippen LogP contribution in [-0.2, 0) is 9.73 Å². The Morgan fingerprint density at radius 3 is 2.89 bits per heavy atom. The molecule has 2 heterocycles. The van der Waals surface area contributed by atoms with Crippen LogP contribution in [0, 0.1) is 0 Å². The third kappa shape index (κ3) is 1.81. The third-order valence-electron chi connectivity index (χ3n) is 2.95. The quantitative estimate of drug-likeness (QED) is 0.920. The highest BCUT2D eigenvalue weighted by Crippen LogP contribution is 2.29. The van der Waals surface area contributed by atoms with E-state index in [1.807, 2.05) is 18.2 Å². The van der Waals surface area contributed by atoms with Crippen LogP contribution < -0.4 is 0 Å². The highest BCUT2D eigenvalue weighted by molar-refractivity contribution is 7.93. The highest BCUT2D eigenvalue weighted by atomic mass is 32.2. The van der Waals surface area contributed by atoms with E-state index in [2.05, 4.69) is 4.36 Å². The van der Waals surface area contributed by atoms with E-state index in [9.17, 15) is 9.00 Å². The lowest BCUT2D eigenvalue weighted by atomic mass is 10.2. The summed E-state index contributed by atoms with van der Waals surface area (Å²) in [6.07, 6.45) is 0.862. The molecule has 0 fully saturated rings. The molecule has 0 bridgehead atoms. The molecule has 1 aromatic heterocycles. The number of carboxylic acids is 1. The summed E-state index contributed by atoms with van der Waals surface area (Å²) in [4.78, 5) is 11.9. The number of aromatic carboxylic acids is 1. The molecule has 0 spiro atoms. The number of carboxylic acid groups (broad SMARTS) is 1. The van der Waals surface area contributed by atoms with Gasteiger partial charge in [-0.3, -0.25) is 0 Å². The Labute approximate surface area is 108 Å². The van der Waals surface area contributed by atoms with Gasteiger partial charge in [0, 0.05) is 21.9 Å². The fraction of sp³-hybridized carbons (Fsp3) is 0.250. The zero-order chi connectivity index (χ0) is 12.8. The first-order valence-corrected chi connectivity index (χ1v) is 8.06. The van der Waals surface area contributed by atoms with Gasteiger partial charge in [-0.1, -0.05) is 0 Å². The van der Waals surface area contributed by atoms with Crippen molar-refractivity contribution in [2.24, 2.45) is 4.36 Å². The van der Waals surface area contributed by atoms with Crippen LogP contribution in [0.3, 0.4) is 0 Å². The molecule has 0 amide bonds. The summed E-state index contributed by atoms with van der Waals surface area (Å²) in [5.74, 6) is -0.318. The molecule has 1 atom stereocenters. The van der Waals surface area contributed by atoms with Crippen LogP contribution in [0.2, 0.25) is 0 Å². The van der Waals surface area contributed by atoms with E-state index in [-0.39, 0.29) is 0 Å². The molecule has 1 N–H and O–H groups in total. The lowest BCUT2D eigenvalue weighted by Crippen LogP contribution is -2.00. The molecule has 94 valence electrons. The van der Waals surface area contributed by atoms with Crippen molar-refractivity contribution in [3.63, 3.8) is 0 Å². The first-order valence-electron chi connectivity index (χ1n) is 5.56. The van der Waals surface area contributed by atoms with Gasteiger partial charge < -0.3 is 5.11 Å². The maximum absolute atomic E-state index is 12.5. The lowest BCUT2D eigenvalue weighted by molar-refractivity contribution is 0.0702. The van der Waals surface area contributed by atoms with Crippen molar-refractivity contribution in [2.45, 2.75) is 11.3 Å². The topological polar surface area (TPSA) is 66.7 Å². The van der Waals surface area contributed by atoms with E-state index in [0.717, 1.165) is 21.4 Å². The van der Waals surface area contributed by atoms with Crippen molar-refractivity contribution in [2.75, 3.05) is 12.3 Å². The van der Waals surface area contributed by atoms with Gasteiger partial charge in [0.2, 0.25) is 0 Å². The number of carbonyl (C=O) groups is 1. The predicted octanol–water partition coefficient (Wildman–Crippen LogP) is 2.83. The van der Waals surface area contributed by atoms with E-state index in [0.29, 0.717) is 17.2 Å². The first-order chi connectivity index (χ1) is 8.58. The van der Waals surface area contributed by atoms with Gasteiger partial charge in [-0.05, 0) is 36.1 Å². The smallest absolute Gasteiger partial charge is 0.345 e. The number of rotatable bonds is 2.